The number of nitrogens with two attached hydrogens (primary N) is 1. The average Bonchev–Trinajstić information content (AvgIpc) is 2.03. The largest absolute Gasteiger partial charge is 0.383 e. The number of nitrogens with zero attached hydrogens (tertiary/aromatic N) is 2. The fraction of sp³-hybridized carbons (Fsp3) is 0.400. The Bertz CT molecular complexity index is 316. The van der Waals surface area contributed by atoms with E-state index in [1.807, 2.05) is 26.8 Å². The fourth-order valence-electron chi connectivity index (χ4n) is 1.08. The van der Waals surface area contributed by atoms with Crippen LogP contribution < -0.4 is 5.73 Å². The second kappa shape index (κ2) is 4.03. The smallest absolute Gasteiger partial charge is 0.127 e. The fourth-order valence-corrected chi connectivity index (χ4v) is 1.08. The molecule has 3 heteroatoms. The molecule has 0 bridgehead atoms. The number of rotatable bonds is 2. The van der Waals surface area contributed by atoms with Crippen LogP contribution in [0.25, 0.3) is 0 Å². The molecular formula is C10H15N3. The van der Waals surface area contributed by atoms with E-state index in [9.17, 15) is 0 Å². The standard InChI is InChI=1S/C10H15N3/c1-7(2)13-10(11)9-6-12-5-4-8(9)3/h4-7H,1-3H3,(H2,11,13). The summed E-state index contributed by atoms with van der Waals surface area (Å²) in [6, 6.07) is 2.15. The maximum atomic E-state index is 5.81. The van der Waals surface area contributed by atoms with E-state index < -0.39 is 0 Å². The number of aliphatic imine (C=N–C) groups is 1. The summed E-state index contributed by atoms with van der Waals surface area (Å²) in [6.45, 7) is 6.00. The van der Waals surface area contributed by atoms with Crippen LogP contribution in [0.15, 0.2) is 23.5 Å². The monoisotopic (exact) mass is 177 g/mol. The second-order valence-electron chi connectivity index (χ2n) is 3.30. The molecule has 3 nitrogen and oxygen atoms in total. The van der Waals surface area contributed by atoms with Gasteiger partial charge < -0.3 is 5.73 Å². The van der Waals surface area contributed by atoms with Gasteiger partial charge in [0, 0.05) is 24.0 Å². The first-order valence-corrected chi connectivity index (χ1v) is 4.35. The van der Waals surface area contributed by atoms with E-state index in [0.717, 1.165) is 11.1 Å². The van der Waals surface area contributed by atoms with E-state index in [0.29, 0.717) is 5.84 Å². The van der Waals surface area contributed by atoms with Crippen LogP contribution in [0.3, 0.4) is 0 Å². The highest BCUT2D eigenvalue weighted by Crippen LogP contribution is 2.04. The van der Waals surface area contributed by atoms with Crippen LogP contribution in [-0.4, -0.2) is 16.9 Å². The third-order valence-electron chi connectivity index (χ3n) is 1.71. The van der Waals surface area contributed by atoms with Crippen LogP contribution in [0.4, 0.5) is 0 Å². The van der Waals surface area contributed by atoms with Crippen molar-refractivity contribution in [1.29, 1.82) is 0 Å². The highest BCUT2D eigenvalue weighted by molar-refractivity contribution is 5.98. The predicted molar refractivity (Wildman–Crippen MR) is 54.8 cm³/mol. The highest BCUT2D eigenvalue weighted by Gasteiger charge is 2.02. The first kappa shape index (κ1) is 9.71. The van der Waals surface area contributed by atoms with Gasteiger partial charge in [-0.15, -0.1) is 0 Å². The molecule has 0 atom stereocenters. The Labute approximate surface area is 78.7 Å². The first-order valence-electron chi connectivity index (χ1n) is 4.35. The summed E-state index contributed by atoms with van der Waals surface area (Å²) in [5.41, 5.74) is 7.84. The molecule has 0 aliphatic heterocycles. The topological polar surface area (TPSA) is 51.3 Å². The summed E-state index contributed by atoms with van der Waals surface area (Å²) in [6.07, 6.45) is 3.50. The minimum absolute atomic E-state index is 0.222. The van der Waals surface area contributed by atoms with Crippen LogP contribution >= 0.6 is 0 Å². The molecule has 0 aliphatic rings. The van der Waals surface area contributed by atoms with E-state index in [4.69, 9.17) is 5.73 Å². The summed E-state index contributed by atoms with van der Waals surface area (Å²) < 4.78 is 0. The summed E-state index contributed by atoms with van der Waals surface area (Å²) >= 11 is 0. The van der Waals surface area contributed by atoms with Crippen molar-refractivity contribution in [3.63, 3.8) is 0 Å². The van der Waals surface area contributed by atoms with Gasteiger partial charge in [0.05, 0.1) is 0 Å². The molecule has 2 N–H and O–H groups in total. The van der Waals surface area contributed by atoms with Crippen LogP contribution in [-0.2, 0) is 0 Å². The minimum Gasteiger partial charge on any atom is -0.383 e. The molecule has 0 amide bonds. The van der Waals surface area contributed by atoms with E-state index in [-0.39, 0.29) is 6.04 Å². The molecule has 0 fully saturated rings. The molecule has 0 aliphatic carbocycles. The van der Waals surface area contributed by atoms with Gasteiger partial charge in [0.2, 0.25) is 0 Å². The molecule has 1 aromatic rings. The minimum atomic E-state index is 0.222. The van der Waals surface area contributed by atoms with Gasteiger partial charge in [-0.1, -0.05) is 0 Å². The Morgan fingerprint density at radius 1 is 1.54 bits per heavy atom. The maximum Gasteiger partial charge on any atom is 0.127 e. The van der Waals surface area contributed by atoms with E-state index in [1.54, 1.807) is 12.4 Å². The maximum absolute atomic E-state index is 5.81. The Kier molecular flexibility index (Phi) is 3.01. The van der Waals surface area contributed by atoms with Gasteiger partial charge in [0.1, 0.15) is 5.84 Å². The van der Waals surface area contributed by atoms with Gasteiger partial charge in [0.25, 0.3) is 0 Å². The second-order valence-corrected chi connectivity index (χ2v) is 3.30. The van der Waals surface area contributed by atoms with E-state index >= 15 is 0 Å². The zero-order valence-corrected chi connectivity index (χ0v) is 8.28. The quantitative estimate of drug-likeness (QED) is 0.550. The predicted octanol–water partition coefficient (Wildman–Crippen LogP) is 1.50. The van der Waals surface area contributed by atoms with Crippen molar-refractivity contribution in [3.05, 3.63) is 29.6 Å². The van der Waals surface area contributed by atoms with Crippen molar-refractivity contribution in [1.82, 2.24) is 4.98 Å². The summed E-state index contributed by atoms with van der Waals surface area (Å²) in [5.74, 6) is 0.570. The van der Waals surface area contributed by atoms with Crippen molar-refractivity contribution < 1.29 is 0 Å². The summed E-state index contributed by atoms with van der Waals surface area (Å²) in [7, 11) is 0. The van der Waals surface area contributed by atoms with Crippen LogP contribution in [0.1, 0.15) is 25.0 Å². The normalized spacial score (nSPS) is 12.2. The van der Waals surface area contributed by atoms with Gasteiger partial charge in [-0.25, -0.2) is 0 Å². The summed E-state index contributed by atoms with van der Waals surface area (Å²) in [4.78, 5) is 8.28. The zero-order chi connectivity index (χ0) is 9.84. The van der Waals surface area contributed by atoms with Crippen LogP contribution in [0.5, 0.6) is 0 Å². The molecule has 1 aromatic heterocycles. The molecule has 1 rings (SSSR count). The van der Waals surface area contributed by atoms with Crippen LogP contribution in [0.2, 0.25) is 0 Å². The van der Waals surface area contributed by atoms with Crippen molar-refractivity contribution >= 4 is 5.84 Å². The lowest BCUT2D eigenvalue weighted by Crippen LogP contribution is -2.17. The van der Waals surface area contributed by atoms with Gasteiger partial charge >= 0.3 is 0 Å². The summed E-state index contributed by atoms with van der Waals surface area (Å²) in [5, 5.41) is 0. The van der Waals surface area contributed by atoms with E-state index in [1.165, 1.54) is 0 Å². The molecule has 0 aromatic carbocycles. The highest BCUT2D eigenvalue weighted by atomic mass is 14.9. The Morgan fingerprint density at radius 3 is 2.77 bits per heavy atom. The number of aromatic nitrogens is 1. The third-order valence-corrected chi connectivity index (χ3v) is 1.71. The molecule has 0 spiro atoms. The number of hydrogen-bond acceptors (Lipinski definition) is 2. The molecule has 0 unspecified atom stereocenters. The number of pyridine rings is 1. The first-order chi connectivity index (χ1) is 6.11. The zero-order valence-electron chi connectivity index (χ0n) is 8.28. The molecule has 0 radical (unpaired) electrons. The lowest BCUT2D eigenvalue weighted by molar-refractivity contribution is 0.834. The van der Waals surface area contributed by atoms with E-state index in [2.05, 4.69) is 9.98 Å². The van der Waals surface area contributed by atoms with Gasteiger partial charge in [-0.2, -0.15) is 0 Å². The number of amidine groups is 1. The van der Waals surface area contributed by atoms with Crippen molar-refractivity contribution in [3.8, 4) is 0 Å². The Balaban J connectivity index is 3.02. The van der Waals surface area contributed by atoms with Gasteiger partial charge in [0.15, 0.2) is 0 Å². The Hall–Kier alpha value is -1.38. The molecule has 70 valence electrons. The Morgan fingerprint density at radius 2 is 2.23 bits per heavy atom. The average molecular weight is 177 g/mol. The third kappa shape index (κ3) is 2.54. The number of hydrogen-bond donors (Lipinski definition) is 1. The van der Waals surface area contributed by atoms with Crippen molar-refractivity contribution in [2.75, 3.05) is 0 Å². The van der Waals surface area contributed by atoms with Crippen molar-refractivity contribution in [2.24, 2.45) is 10.7 Å². The molecule has 0 saturated heterocycles. The molecule has 13 heavy (non-hydrogen) atoms. The molecule has 0 saturated carbocycles. The molecule has 1 heterocycles. The van der Waals surface area contributed by atoms with Crippen LogP contribution in [0, 0.1) is 6.92 Å². The number of aryl methyl sites for hydroxylation is 1. The van der Waals surface area contributed by atoms with Gasteiger partial charge in [-0.05, 0) is 32.4 Å². The van der Waals surface area contributed by atoms with Gasteiger partial charge in [-0.3, -0.25) is 9.98 Å². The lowest BCUT2D eigenvalue weighted by Gasteiger charge is -2.05. The van der Waals surface area contributed by atoms with Crippen molar-refractivity contribution in [2.45, 2.75) is 26.8 Å². The SMILES string of the molecule is Cc1ccncc1C(N)=NC(C)C. The lowest BCUT2D eigenvalue weighted by atomic mass is 10.1. The molecular weight excluding hydrogens is 162 g/mol.